The second-order valence-electron chi connectivity index (χ2n) is 4.71. The monoisotopic (exact) mass is 267 g/mol. The van der Waals surface area contributed by atoms with Crippen molar-refractivity contribution in [2.24, 2.45) is 0 Å². The Bertz CT molecular complexity index is 548. The Morgan fingerprint density at radius 2 is 1.83 bits per heavy atom. The van der Waals surface area contributed by atoms with Crippen molar-refractivity contribution in [2.45, 2.75) is 37.1 Å². The van der Waals surface area contributed by atoms with Crippen LogP contribution in [-0.4, -0.2) is 31.6 Å². The van der Waals surface area contributed by atoms with Crippen LogP contribution in [0, 0.1) is 6.92 Å². The maximum Gasteiger partial charge on any atom is 0.243 e. The summed E-state index contributed by atoms with van der Waals surface area (Å²) in [5.41, 5.74) is 1.01. The van der Waals surface area contributed by atoms with Gasteiger partial charge in [-0.05, 0) is 31.9 Å². The van der Waals surface area contributed by atoms with Crippen molar-refractivity contribution in [1.29, 1.82) is 0 Å². The number of carbonyl (C=O) groups excluding carboxylic acids is 1. The number of ketones is 1. The van der Waals surface area contributed by atoms with Gasteiger partial charge in [0.25, 0.3) is 0 Å². The van der Waals surface area contributed by atoms with Crippen LogP contribution >= 0.6 is 0 Å². The maximum atomic E-state index is 12.3. The number of likely N-dealkylation sites (N-methyl/N-ethyl adjacent to an activating group) is 1. The standard InChI is InChI=1S/C13H17NO3S/c1-10-6-8-11(9-7-10)18(16,17)14(2)12-4-3-5-13(12)15/h6-9,12H,3-5H2,1-2H3/t12-/m0/s1. The molecule has 4 nitrogen and oxygen atoms in total. The Labute approximate surface area is 108 Å². The summed E-state index contributed by atoms with van der Waals surface area (Å²) in [4.78, 5) is 11.9. The number of sulfonamides is 1. The van der Waals surface area contributed by atoms with E-state index in [1.54, 1.807) is 24.3 Å². The molecule has 0 N–H and O–H groups in total. The topological polar surface area (TPSA) is 54.5 Å². The van der Waals surface area contributed by atoms with E-state index in [0.29, 0.717) is 12.8 Å². The third-order valence-corrected chi connectivity index (χ3v) is 5.29. The maximum absolute atomic E-state index is 12.3. The van der Waals surface area contributed by atoms with Crippen LogP contribution in [0.25, 0.3) is 0 Å². The number of carbonyl (C=O) groups is 1. The number of benzene rings is 1. The van der Waals surface area contributed by atoms with Gasteiger partial charge in [-0.15, -0.1) is 0 Å². The fraction of sp³-hybridized carbons (Fsp3) is 0.462. The van der Waals surface area contributed by atoms with E-state index in [0.717, 1.165) is 12.0 Å². The minimum Gasteiger partial charge on any atom is -0.298 e. The van der Waals surface area contributed by atoms with Gasteiger partial charge in [0.2, 0.25) is 10.0 Å². The van der Waals surface area contributed by atoms with E-state index in [1.807, 2.05) is 6.92 Å². The Morgan fingerprint density at radius 3 is 2.33 bits per heavy atom. The summed E-state index contributed by atoms with van der Waals surface area (Å²) < 4.78 is 25.9. The van der Waals surface area contributed by atoms with Gasteiger partial charge in [-0.1, -0.05) is 17.7 Å². The van der Waals surface area contributed by atoms with E-state index in [1.165, 1.54) is 11.4 Å². The third-order valence-electron chi connectivity index (χ3n) is 3.41. The summed E-state index contributed by atoms with van der Waals surface area (Å²) >= 11 is 0. The lowest BCUT2D eigenvalue weighted by atomic mass is 10.2. The smallest absolute Gasteiger partial charge is 0.243 e. The summed E-state index contributed by atoms with van der Waals surface area (Å²) in [6.45, 7) is 1.90. The Morgan fingerprint density at radius 1 is 1.22 bits per heavy atom. The van der Waals surface area contributed by atoms with Crippen molar-refractivity contribution in [3.8, 4) is 0 Å². The Balaban J connectivity index is 2.30. The van der Waals surface area contributed by atoms with E-state index in [2.05, 4.69) is 0 Å². The predicted octanol–water partition coefficient (Wildman–Crippen LogP) is 1.74. The molecular formula is C13H17NO3S. The summed E-state index contributed by atoms with van der Waals surface area (Å²) in [6, 6.07) is 6.20. The van der Waals surface area contributed by atoms with Crippen molar-refractivity contribution >= 4 is 15.8 Å². The third kappa shape index (κ3) is 2.33. The summed E-state index contributed by atoms with van der Waals surface area (Å²) in [5, 5.41) is 0. The first-order valence-electron chi connectivity index (χ1n) is 6.00. The van der Waals surface area contributed by atoms with Crippen molar-refractivity contribution in [2.75, 3.05) is 7.05 Å². The zero-order chi connectivity index (χ0) is 13.3. The molecular weight excluding hydrogens is 250 g/mol. The molecule has 1 aliphatic rings. The van der Waals surface area contributed by atoms with Gasteiger partial charge in [0.1, 0.15) is 0 Å². The van der Waals surface area contributed by atoms with Gasteiger partial charge in [-0.2, -0.15) is 4.31 Å². The highest BCUT2D eigenvalue weighted by Gasteiger charge is 2.35. The molecule has 0 bridgehead atoms. The molecule has 0 unspecified atom stereocenters. The number of Topliss-reactive ketones (excluding diaryl/α,β-unsaturated/α-hetero) is 1. The van der Waals surface area contributed by atoms with Crippen LogP contribution in [-0.2, 0) is 14.8 Å². The molecule has 1 aromatic rings. The second-order valence-corrected chi connectivity index (χ2v) is 6.71. The number of rotatable bonds is 3. The Kier molecular flexibility index (Phi) is 3.54. The van der Waals surface area contributed by atoms with Gasteiger partial charge in [0.05, 0.1) is 10.9 Å². The highest BCUT2D eigenvalue weighted by molar-refractivity contribution is 7.89. The van der Waals surface area contributed by atoms with Gasteiger partial charge in [-0.25, -0.2) is 8.42 Å². The van der Waals surface area contributed by atoms with Crippen LogP contribution in [0.2, 0.25) is 0 Å². The number of hydrogen-bond acceptors (Lipinski definition) is 3. The first-order valence-corrected chi connectivity index (χ1v) is 7.44. The second kappa shape index (κ2) is 4.82. The van der Waals surface area contributed by atoms with Gasteiger partial charge >= 0.3 is 0 Å². The van der Waals surface area contributed by atoms with Gasteiger partial charge in [-0.3, -0.25) is 4.79 Å². The van der Waals surface area contributed by atoms with Crippen LogP contribution in [0.3, 0.4) is 0 Å². The normalized spacial score (nSPS) is 20.6. The van der Waals surface area contributed by atoms with Crippen LogP contribution in [0.15, 0.2) is 29.2 Å². The molecule has 98 valence electrons. The van der Waals surface area contributed by atoms with Crippen LogP contribution < -0.4 is 0 Å². The highest BCUT2D eigenvalue weighted by Crippen LogP contribution is 2.25. The molecule has 1 aromatic carbocycles. The van der Waals surface area contributed by atoms with Gasteiger partial charge in [0.15, 0.2) is 5.78 Å². The van der Waals surface area contributed by atoms with Crippen LogP contribution in [0.5, 0.6) is 0 Å². The number of hydrogen-bond donors (Lipinski definition) is 0. The van der Waals surface area contributed by atoms with Crippen LogP contribution in [0.1, 0.15) is 24.8 Å². The molecule has 0 heterocycles. The Hall–Kier alpha value is -1.20. The average Bonchev–Trinajstić information content (AvgIpc) is 2.75. The van der Waals surface area contributed by atoms with E-state index >= 15 is 0 Å². The molecule has 1 fully saturated rings. The fourth-order valence-corrected chi connectivity index (χ4v) is 3.60. The summed E-state index contributed by atoms with van der Waals surface area (Å²) in [5.74, 6) is 0.0215. The molecule has 1 saturated carbocycles. The quantitative estimate of drug-likeness (QED) is 0.838. The molecule has 0 amide bonds. The molecule has 2 rings (SSSR count). The predicted molar refractivity (Wildman–Crippen MR) is 68.8 cm³/mol. The molecule has 0 radical (unpaired) electrons. The highest BCUT2D eigenvalue weighted by atomic mass is 32.2. The minimum atomic E-state index is -3.56. The lowest BCUT2D eigenvalue weighted by Crippen LogP contribution is -2.39. The van der Waals surface area contributed by atoms with Crippen molar-refractivity contribution in [1.82, 2.24) is 4.31 Å². The fourth-order valence-electron chi connectivity index (χ4n) is 2.23. The van der Waals surface area contributed by atoms with Crippen molar-refractivity contribution < 1.29 is 13.2 Å². The van der Waals surface area contributed by atoms with E-state index in [4.69, 9.17) is 0 Å². The molecule has 5 heteroatoms. The molecule has 18 heavy (non-hydrogen) atoms. The lowest BCUT2D eigenvalue weighted by Gasteiger charge is -2.22. The summed E-state index contributed by atoms with van der Waals surface area (Å²) in [7, 11) is -2.07. The van der Waals surface area contributed by atoms with Gasteiger partial charge < -0.3 is 0 Å². The van der Waals surface area contributed by atoms with E-state index < -0.39 is 16.1 Å². The zero-order valence-corrected chi connectivity index (χ0v) is 11.4. The van der Waals surface area contributed by atoms with Crippen molar-refractivity contribution in [3.63, 3.8) is 0 Å². The first-order chi connectivity index (χ1) is 8.43. The van der Waals surface area contributed by atoms with Crippen molar-refractivity contribution in [3.05, 3.63) is 29.8 Å². The average molecular weight is 267 g/mol. The van der Waals surface area contributed by atoms with E-state index in [-0.39, 0.29) is 10.7 Å². The first kappa shape index (κ1) is 13.2. The lowest BCUT2D eigenvalue weighted by molar-refractivity contribution is -0.120. The zero-order valence-electron chi connectivity index (χ0n) is 10.6. The molecule has 1 atom stereocenters. The molecule has 0 aliphatic heterocycles. The van der Waals surface area contributed by atoms with Gasteiger partial charge in [0, 0.05) is 13.5 Å². The van der Waals surface area contributed by atoms with E-state index in [9.17, 15) is 13.2 Å². The number of nitrogens with zero attached hydrogens (tertiary/aromatic N) is 1. The molecule has 0 saturated heterocycles. The number of aryl methyl sites for hydroxylation is 1. The van der Waals surface area contributed by atoms with Crippen LogP contribution in [0.4, 0.5) is 0 Å². The molecule has 1 aliphatic carbocycles. The molecule has 0 spiro atoms. The SMILES string of the molecule is Cc1ccc(S(=O)(=O)N(C)[C@H]2CCCC2=O)cc1. The minimum absolute atomic E-state index is 0.0215. The molecule has 0 aromatic heterocycles. The summed E-state index contributed by atoms with van der Waals surface area (Å²) in [6.07, 6.45) is 1.89. The largest absolute Gasteiger partial charge is 0.298 e.